The van der Waals surface area contributed by atoms with Crippen LogP contribution in [0.5, 0.6) is 46.0 Å². The fourth-order valence-corrected chi connectivity index (χ4v) is 5.43. The van der Waals surface area contributed by atoms with E-state index < -0.39 is 0 Å². The Morgan fingerprint density at radius 2 is 0.538 bits per heavy atom. The summed E-state index contributed by atoms with van der Waals surface area (Å²) in [6, 6.07) is 49.4. The zero-order valence-electron chi connectivity index (χ0n) is 27.4. The average Bonchev–Trinajstić information content (AvgIpc) is 3.17. The number of benzene rings is 7. The molecule has 0 heterocycles. The van der Waals surface area contributed by atoms with Crippen molar-refractivity contribution in [3.05, 3.63) is 202 Å². The number of ether oxygens (including phenoxy) is 4. The summed E-state index contributed by atoms with van der Waals surface area (Å²) in [5.74, 6) is 4.71. The van der Waals surface area contributed by atoms with Gasteiger partial charge in [0.1, 0.15) is 46.0 Å². The Morgan fingerprint density at radius 1 is 0.308 bits per heavy atom. The molecule has 7 aromatic carbocycles. The summed E-state index contributed by atoms with van der Waals surface area (Å²) in [5, 5.41) is 1.16. The summed E-state index contributed by atoms with van der Waals surface area (Å²) in [6.07, 6.45) is 0. The van der Waals surface area contributed by atoms with Gasteiger partial charge in [-0.25, -0.2) is 0 Å². The Balaban J connectivity index is 0.909. The number of carbonyl (C=O) groups excluding carboxylic acids is 2. The predicted octanol–water partition coefficient (Wildman–Crippen LogP) is 12.6. The van der Waals surface area contributed by atoms with Gasteiger partial charge in [0.15, 0.2) is 11.6 Å². The highest BCUT2D eigenvalue weighted by atomic mass is 35.5. The molecule has 0 amide bonds. The largest absolute Gasteiger partial charge is 0.457 e. The number of halogens is 2. The van der Waals surface area contributed by atoms with Crippen molar-refractivity contribution in [3.8, 4) is 46.0 Å². The topological polar surface area (TPSA) is 71.1 Å². The molecular formula is C44H28Cl2O6. The van der Waals surface area contributed by atoms with Gasteiger partial charge in [-0.2, -0.15) is 0 Å². The van der Waals surface area contributed by atoms with Gasteiger partial charge < -0.3 is 18.9 Å². The molecule has 7 rings (SSSR count). The lowest BCUT2D eigenvalue weighted by Crippen LogP contribution is -2.00. The van der Waals surface area contributed by atoms with Crippen LogP contribution in [0, 0.1) is 0 Å². The van der Waals surface area contributed by atoms with E-state index in [1.54, 1.807) is 127 Å². The Morgan fingerprint density at radius 3 is 0.827 bits per heavy atom. The Labute approximate surface area is 310 Å². The second kappa shape index (κ2) is 15.7. The van der Waals surface area contributed by atoms with E-state index in [4.69, 9.17) is 42.1 Å². The Bertz CT molecular complexity index is 2140. The van der Waals surface area contributed by atoms with Crippen LogP contribution in [-0.2, 0) is 0 Å². The van der Waals surface area contributed by atoms with Gasteiger partial charge in [0, 0.05) is 38.4 Å². The van der Waals surface area contributed by atoms with Gasteiger partial charge in [-0.3, -0.25) is 9.59 Å². The van der Waals surface area contributed by atoms with E-state index in [0.717, 1.165) is 0 Å². The molecule has 0 bridgehead atoms. The second-order valence-corrected chi connectivity index (χ2v) is 12.4. The summed E-state index contributed by atoms with van der Waals surface area (Å²) in [4.78, 5) is 25.5. The molecule has 254 valence electrons. The molecule has 0 saturated carbocycles. The van der Waals surface area contributed by atoms with E-state index in [9.17, 15) is 9.59 Å². The van der Waals surface area contributed by atoms with Gasteiger partial charge in [-0.05, 0) is 158 Å². The Hall–Kier alpha value is -6.34. The number of hydrogen-bond donors (Lipinski definition) is 0. The summed E-state index contributed by atoms with van der Waals surface area (Å²) >= 11 is 11.9. The first-order chi connectivity index (χ1) is 25.3. The molecule has 0 atom stereocenters. The fourth-order valence-electron chi connectivity index (χ4n) is 5.18. The van der Waals surface area contributed by atoms with Crippen LogP contribution in [-0.4, -0.2) is 11.6 Å². The zero-order chi connectivity index (χ0) is 35.9. The van der Waals surface area contributed by atoms with E-state index >= 15 is 0 Å². The molecule has 7 aromatic rings. The van der Waals surface area contributed by atoms with Crippen molar-refractivity contribution in [2.45, 2.75) is 0 Å². The molecule has 8 heteroatoms. The predicted molar refractivity (Wildman–Crippen MR) is 202 cm³/mol. The molecule has 0 fully saturated rings. The van der Waals surface area contributed by atoms with Crippen molar-refractivity contribution in [1.29, 1.82) is 0 Å². The van der Waals surface area contributed by atoms with E-state index in [-0.39, 0.29) is 11.6 Å². The molecule has 0 N–H and O–H groups in total. The summed E-state index contributed by atoms with van der Waals surface area (Å²) in [7, 11) is 0. The molecule has 0 radical (unpaired) electrons. The Kier molecular flexibility index (Phi) is 10.3. The first kappa shape index (κ1) is 34.1. The molecule has 0 aromatic heterocycles. The van der Waals surface area contributed by atoms with Crippen molar-refractivity contribution in [2.24, 2.45) is 0 Å². The lowest BCUT2D eigenvalue weighted by atomic mass is 10.0. The van der Waals surface area contributed by atoms with Crippen LogP contribution in [0.2, 0.25) is 10.0 Å². The molecular weight excluding hydrogens is 695 g/mol. The van der Waals surface area contributed by atoms with Gasteiger partial charge in [-0.1, -0.05) is 29.3 Å². The highest BCUT2D eigenvalue weighted by Crippen LogP contribution is 2.32. The third-order valence-electron chi connectivity index (χ3n) is 7.84. The maximum Gasteiger partial charge on any atom is 0.193 e. The standard InChI is InChI=1S/C44H28Cl2O6/c45-33-12-4-29(5-13-33)43(47)31-8-16-35(17-9-31)49-37-20-24-39(25-21-37)51-41-2-1-3-42(28-41)52-40-26-22-38(23-27-40)50-36-18-10-32(11-19-36)44(48)30-6-14-34(46)15-7-30/h1-28H. The van der Waals surface area contributed by atoms with E-state index in [2.05, 4.69) is 0 Å². The molecule has 6 nitrogen and oxygen atoms in total. The summed E-state index contributed by atoms with van der Waals surface area (Å²) < 4.78 is 24.1. The molecule has 0 aliphatic carbocycles. The van der Waals surface area contributed by atoms with Crippen molar-refractivity contribution < 1.29 is 28.5 Å². The molecule has 0 aliphatic rings. The van der Waals surface area contributed by atoms with E-state index in [0.29, 0.717) is 78.3 Å². The van der Waals surface area contributed by atoms with Crippen LogP contribution < -0.4 is 18.9 Å². The average molecular weight is 724 g/mol. The smallest absolute Gasteiger partial charge is 0.193 e. The molecule has 0 spiro atoms. The van der Waals surface area contributed by atoms with Crippen LogP contribution in [0.3, 0.4) is 0 Å². The highest BCUT2D eigenvalue weighted by molar-refractivity contribution is 6.31. The van der Waals surface area contributed by atoms with Gasteiger partial charge >= 0.3 is 0 Å². The third-order valence-corrected chi connectivity index (χ3v) is 8.35. The quantitative estimate of drug-likeness (QED) is 0.117. The number of hydrogen-bond acceptors (Lipinski definition) is 6. The van der Waals surface area contributed by atoms with Gasteiger partial charge in [-0.15, -0.1) is 0 Å². The molecule has 0 aliphatic heterocycles. The van der Waals surface area contributed by atoms with Crippen LogP contribution in [0.15, 0.2) is 170 Å². The molecule has 52 heavy (non-hydrogen) atoms. The SMILES string of the molecule is O=C(c1ccc(Cl)cc1)c1ccc(Oc2ccc(Oc3cccc(Oc4ccc(Oc5ccc(C(=O)c6ccc(Cl)cc6)cc5)cc4)c3)cc2)cc1. The van der Waals surface area contributed by atoms with Crippen molar-refractivity contribution >= 4 is 34.8 Å². The maximum absolute atomic E-state index is 12.7. The molecule has 0 unspecified atom stereocenters. The normalized spacial score (nSPS) is 10.7. The van der Waals surface area contributed by atoms with Crippen LogP contribution in [0.1, 0.15) is 31.8 Å². The van der Waals surface area contributed by atoms with Crippen molar-refractivity contribution in [2.75, 3.05) is 0 Å². The zero-order valence-corrected chi connectivity index (χ0v) is 28.9. The van der Waals surface area contributed by atoms with Crippen LogP contribution in [0.4, 0.5) is 0 Å². The van der Waals surface area contributed by atoms with Crippen molar-refractivity contribution in [1.82, 2.24) is 0 Å². The minimum Gasteiger partial charge on any atom is -0.457 e. The monoisotopic (exact) mass is 722 g/mol. The third kappa shape index (κ3) is 8.68. The second-order valence-electron chi connectivity index (χ2n) is 11.5. The first-order valence-electron chi connectivity index (χ1n) is 16.2. The van der Waals surface area contributed by atoms with Crippen LogP contribution >= 0.6 is 23.2 Å². The minimum absolute atomic E-state index is 0.0900. The highest BCUT2D eigenvalue weighted by Gasteiger charge is 2.11. The number of ketones is 2. The van der Waals surface area contributed by atoms with Gasteiger partial charge in [0.25, 0.3) is 0 Å². The maximum atomic E-state index is 12.7. The summed E-state index contributed by atoms with van der Waals surface area (Å²) in [5.41, 5.74) is 2.24. The fraction of sp³-hybridized carbons (Fsp3) is 0. The van der Waals surface area contributed by atoms with Crippen LogP contribution in [0.25, 0.3) is 0 Å². The van der Waals surface area contributed by atoms with Gasteiger partial charge in [0.05, 0.1) is 0 Å². The van der Waals surface area contributed by atoms with Crippen molar-refractivity contribution in [3.63, 3.8) is 0 Å². The first-order valence-corrected chi connectivity index (χ1v) is 16.9. The van der Waals surface area contributed by atoms with Gasteiger partial charge in [0.2, 0.25) is 0 Å². The molecule has 0 saturated heterocycles. The van der Waals surface area contributed by atoms with E-state index in [1.165, 1.54) is 0 Å². The lowest BCUT2D eigenvalue weighted by molar-refractivity contribution is 0.103. The number of carbonyl (C=O) groups is 2. The number of rotatable bonds is 12. The minimum atomic E-state index is -0.0900. The summed E-state index contributed by atoms with van der Waals surface area (Å²) in [6.45, 7) is 0. The lowest BCUT2D eigenvalue weighted by Gasteiger charge is -2.11. The van der Waals surface area contributed by atoms with E-state index in [1.807, 2.05) is 42.5 Å².